The smallest absolute Gasteiger partial charge is 0.315 e. The third-order valence-electron chi connectivity index (χ3n) is 4.03. The highest BCUT2D eigenvalue weighted by atomic mass is 16.3. The first-order chi connectivity index (χ1) is 11.3. The van der Waals surface area contributed by atoms with Crippen molar-refractivity contribution in [3.63, 3.8) is 0 Å². The van der Waals surface area contributed by atoms with Crippen molar-refractivity contribution in [3.05, 3.63) is 47.5 Å². The highest BCUT2D eigenvalue weighted by Crippen LogP contribution is 2.21. The monoisotopic (exact) mass is 315 g/mol. The summed E-state index contributed by atoms with van der Waals surface area (Å²) in [7, 11) is 0. The zero-order valence-electron chi connectivity index (χ0n) is 12.9. The maximum Gasteiger partial charge on any atom is 0.315 e. The molecule has 1 aromatic heterocycles. The van der Waals surface area contributed by atoms with E-state index in [2.05, 4.69) is 20.7 Å². The number of benzene rings is 1. The van der Waals surface area contributed by atoms with Crippen LogP contribution in [0.5, 0.6) is 0 Å². The normalized spacial score (nSPS) is 16.7. The Morgan fingerprint density at radius 3 is 2.87 bits per heavy atom. The van der Waals surface area contributed by atoms with Gasteiger partial charge in [0.1, 0.15) is 12.2 Å². The number of hydrogen-bond acceptors (Lipinski definition) is 4. The number of carbonyl (C=O) groups excluding carboxylic acids is 1. The van der Waals surface area contributed by atoms with E-state index >= 15 is 0 Å². The first-order valence-corrected chi connectivity index (χ1v) is 7.87. The summed E-state index contributed by atoms with van der Waals surface area (Å²) in [5.41, 5.74) is 2.01. The van der Waals surface area contributed by atoms with Gasteiger partial charge in [0.05, 0.1) is 12.6 Å². The van der Waals surface area contributed by atoms with Crippen molar-refractivity contribution in [3.8, 4) is 0 Å². The number of aliphatic hydroxyl groups excluding tert-OH is 1. The summed E-state index contributed by atoms with van der Waals surface area (Å²) < 4.78 is 1.84. The number of amides is 2. The number of urea groups is 1. The second kappa shape index (κ2) is 7.23. The second-order valence-electron chi connectivity index (χ2n) is 5.66. The van der Waals surface area contributed by atoms with Gasteiger partial charge in [0.15, 0.2) is 0 Å². The van der Waals surface area contributed by atoms with Gasteiger partial charge >= 0.3 is 6.03 Å². The van der Waals surface area contributed by atoms with Gasteiger partial charge in [-0.1, -0.05) is 24.3 Å². The predicted molar refractivity (Wildman–Crippen MR) is 84.6 cm³/mol. The van der Waals surface area contributed by atoms with Crippen LogP contribution in [0.4, 0.5) is 4.79 Å². The zero-order chi connectivity index (χ0) is 16.1. The van der Waals surface area contributed by atoms with Gasteiger partial charge in [-0.2, -0.15) is 5.10 Å². The Hall–Kier alpha value is -2.41. The fourth-order valence-corrected chi connectivity index (χ4v) is 2.77. The lowest BCUT2D eigenvalue weighted by Crippen LogP contribution is -2.40. The van der Waals surface area contributed by atoms with Crippen molar-refractivity contribution >= 4 is 6.03 Å². The van der Waals surface area contributed by atoms with Crippen molar-refractivity contribution in [1.82, 2.24) is 25.4 Å². The van der Waals surface area contributed by atoms with E-state index in [-0.39, 0.29) is 18.7 Å². The molecule has 0 spiro atoms. The van der Waals surface area contributed by atoms with Gasteiger partial charge in [-0.05, 0) is 30.4 Å². The van der Waals surface area contributed by atoms with E-state index in [0.29, 0.717) is 6.54 Å². The molecular weight excluding hydrogens is 294 g/mol. The minimum atomic E-state index is -0.182. The predicted octanol–water partition coefficient (Wildman–Crippen LogP) is 1.15. The Morgan fingerprint density at radius 2 is 2.09 bits per heavy atom. The number of carbonyl (C=O) groups is 1. The number of aliphatic hydroxyl groups is 1. The summed E-state index contributed by atoms with van der Waals surface area (Å²) in [6.45, 7) is 1.47. The van der Waals surface area contributed by atoms with Gasteiger partial charge in [-0.15, -0.1) is 0 Å². The molecule has 1 atom stereocenters. The van der Waals surface area contributed by atoms with Crippen LogP contribution in [-0.2, 0) is 19.6 Å². The summed E-state index contributed by atoms with van der Waals surface area (Å²) in [6, 6.07) is 7.46. The molecule has 0 saturated carbocycles. The molecule has 7 heteroatoms. The lowest BCUT2D eigenvalue weighted by molar-refractivity contribution is 0.233. The van der Waals surface area contributed by atoms with Crippen LogP contribution in [0.2, 0.25) is 0 Å². The lowest BCUT2D eigenvalue weighted by Gasteiger charge is -2.23. The van der Waals surface area contributed by atoms with Crippen LogP contribution in [0.15, 0.2) is 30.6 Å². The fourth-order valence-electron chi connectivity index (χ4n) is 2.77. The highest BCUT2D eigenvalue weighted by Gasteiger charge is 2.23. The molecule has 2 heterocycles. The second-order valence-corrected chi connectivity index (χ2v) is 5.66. The molecule has 3 rings (SSSR count). The first-order valence-electron chi connectivity index (χ1n) is 7.87. The van der Waals surface area contributed by atoms with Gasteiger partial charge < -0.3 is 15.7 Å². The standard InChI is InChI=1S/C16H21N5O2/c22-10-13-5-3-12(4-6-13)7-8-17-16(23)20-14-2-1-9-21-15(14)18-11-19-21/h3-6,11,14,22H,1-2,7-10H2,(H2,17,20,23). The first kappa shape index (κ1) is 15.5. The molecule has 1 aromatic carbocycles. The van der Waals surface area contributed by atoms with Crippen LogP contribution >= 0.6 is 0 Å². The van der Waals surface area contributed by atoms with Gasteiger partial charge in [0, 0.05) is 13.1 Å². The largest absolute Gasteiger partial charge is 0.392 e. The van der Waals surface area contributed by atoms with E-state index in [1.807, 2.05) is 28.9 Å². The average Bonchev–Trinajstić information content (AvgIpc) is 3.05. The summed E-state index contributed by atoms with van der Waals surface area (Å²) in [5, 5.41) is 19.0. The Labute approximate surface area is 134 Å². The Bertz CT molecular complexity index is 653. The number of aryl methyl sites for hydroxylation is 1. The Morgan fingerprint density at radius 1 is 1.30 bits per heavy atom. The van der Waals surface area contributed by atoms with Crippen LogP contribution in [0, 0.1) is 0 Å². The molecule has 7 nitrogen and oxygen atoms in total. The maximum atomic E-state index is 12.0. The van der Waals surface area contributed by atoms with E-state index < -0.39 is 0 Å². The molecule has 0 fully saturated rings. The maximum absolute atomic E-state index is 12.0. The van der Waals surface area contributed by atoms with Crippen LogP contribution in [0.1, 0.15) is 35.8 Å². The molecule has 1 unspecified atom stereocenters. The molecule has 1 aliphatic rings. The van der Waals surface area contributed by atoms with E-state index in [1.54, 1.807) is 0 Å². The van der Waals surface area contributed by atoms with Crippen molar-refractivity contribution in [2.24, 2.45) is 0 Å². The SMILES string of the molecule is O=C(NCCc1ccc(CO)cc1)NC1CCCn2ncnc21. The van der Waals surface area contributed by atoms with Crippen molar-refractivity contribution in [2.45, 2.75) is 38.5 Å². The van der Waals surface area contributed by atoms with E-state index in [0.717, 1.165) is 42.8 Å². The van der Waals surface area contributed by atoms with Crippen molar-refractivity contribution in [1.29, 1.82) is 0 Å². The molecule has 3 N–H and O–H groups in total. The zero-order valence-corrected chi connectivity index (χ0v) is 12.9. The van der Waals surface area contributed by atoms with E-state index in [1.165, 1.54) is 6.33 Å². The van der Waals surface area contributed by atoms with Crippen molar-refractivity contribution in [2.75, 3.05) is 6.54 Å². The molecular formula is C16H21N5O2. The molecule has 0 radical (unpaired) electrons. The van der Waals surface area contributed by atoms with Crippen LogP contribution in [0.3, 0.4) is 0 Å². The third kappa shape index (κ3) is 3.87. The molecule has 23 heavy (non-hydrogen) atoms. The number of aromatic nitrogens is 3. The average molecular weight is 315 g/mol. The number of hydrogen-bond donors (Lipinski definition) is 3. The number of nitrogens with one attached hydrogen (secondary N) is 2. The topological polar surface area (TPSA) is 92.1 Å². The van der Waals surface area contributed by atoms with E-state index in [4.69, 9.17) is 5.11 Å². The fraction of sp³-hybridized carbons (Fsp3) is 0.438. The number of rotatable bonds is 5. The number of fused-ring (bicyclic) bond motifs is 1. The summed E-state index contributed by atoms with van der Waals surface area (Å²) in [4.78, 5) is 16.2. The van der Waals surface area contributed by atoms with Gasteiger partial charge in [0.25, 0.3) is 0 Å². The van der Waals surface area contributed by atoms with Gasteiger partial charge in [0.2, 0.25) is 0 Å². The highest BCUT2D eigenvalue weighted by molar-refractivity contribution is 5.74. The van der Waals surface area contributed by atoms with Crippen LogP contribution in [0.25, 0.3) is 0 Å². The third-order valence-corrected chi connectivity index (χ3v) is 4.03. The summed E-state index contributed by atoms with van der Waals surface area (Å²) in [6.07, 6.45) is 4.15. The minimum absolute atomic E-state index is 0.0486. The molecule has 122 valence electrons. The molecule has 2 amide bonds. The molecule has 2 aromatic rings. The number of nitrogens with zero attached hydrogens (tertiary/aromatic N) is 3. The molecule has 0 aliphatic carbocycles. The summed E-state index contributed by atoms with van der Waals surface area (Å²) in [5.74, 6) is 0.825. The van der Waals surface area contributed by atoms with Gasteiger partial charge in [-0.3, -0.25) is 0 Å². The van der Waals surface area contributed by atoms with Crippen LogP contribution in [-0.4, -0.2) is 32.4 Å². The Kier molecular flexibility index (Phi) is 4.87. The molecule has 0 saturated heterocycles. The minimum Gasteiger partial charge on any atom is -0.392 e. The molecule has 0 bridgehead atoms. The van der Waals surface area contributed by atoms with E-state index in [9.17, 15) is 4.79 Å². The van der Waals surface area contributed by atoms with Crippen LogP contribution < -0.4 is 10.6 Å². The Balaban J connectivity index is 1.45. The van der Waals surface area contributed by atoms with Crippen molar-refractivity contribution < 1.29 is 9.90 Å². The quantitative estimate of drug-likeness (QED) is 0.772. The lowest BCUT2D eigenvalue weighted by atomic mass is 10.1. The summed E-state index contributed by atoms with van der Waals surface area (Å²) >= 11 is 0. The van der Waals surface area contributed by atoms with Gasteiger partial charge in [-0.25, -0.2) is 14.5 Å². The molecule has 1 aliphatic heterocycles.